The van der Waals surface area contributed by atoms with Crippen molar-refractivity contribution in [3.8, 4) is 0 Å². The molecule has 2 aromatic rings. The first-order valence-corrected chi connectivity index (χ1v) is 10.6. The predicted octanol–water partition coefficient (Wildman–Crippen LogP) is 4.27. The predicted molar refractivity (Wildman–Crippen MR) is 112 cm³/mol. The summed E-state index contributed by atoms with van der Waals surface area (Å²) in [6.07, 6.45) is 7.11. The van der Waals surface area contributed by atoms with Crippen molar-refractivity contribution in [1.29, 1.82) is 0 Å². The van der Waals surface area contributed by atoms with Gasteiger partial charge in [-0.25, -0.2) is 0 Å². The summed E-state index contributed by atoms with van der Waals surface area (Å²) in [7, 11) is 0. The highest BCUT2D eigenvalue weighted by molar-refractivity contribution is 9.10. The SMILES string of the molecule is CCN(CC)Cc1nc(C2(NC(=O)/C=C/c3cccc(Br)c3)CCCC2)no1. The van der Waals surface area contributed by atoms with Crippen molar-refractivity contribution >= 4 is 27.9 Å². The van der Waals surface area contributed by atoms with E-state index in [1.807, 2.05) is 30.3 Å². The van der Waals surface area contributed by atoms with Gasteiger partial charge in [0.05, 0.1) is 6.54 Å². The molecule has 150 valence electrons. The van der Waals surface area contributed by atoms with Gasteiger partial charge >= 0.3 is 0 Å². The van der Waals surface area contributed by atoms with Gasteiger partial charge in [0.25, 0.3) is 0 Å². The molecule has 7 heteroatoms. The Balaban J connectivity index is 1.72. The lowest BCUT2D eigenvalue weighted by Gasteiger charge is -2.26. The molecule has 1 fully saturated rings. The van der Waals surface area contributed by atoms with Gasteiger partial charge in [0.15, 0.2) is 5.82 Å². The highest BCUT2D eigenvalue weighted by Crippen LogP contribution is 2.37. The van der Waals surface area contributed by atoms with Crippen LogP contribution in [0.1, 0.15) is 56.8 Å². The quantitative estimate of drug-likeness (QED) is 0.612. The van der Waals surface area contributed by atoms with Crippen LogP contribution in [-0.4, -0.2) is 34.0 Å². The number of benzene rings is 1. The second kappa shape index (κ2) is 9.47. The minimum atomic E-state index is -0.538. The van der Waals surface area contributed by atoms with Crippen LogP contribution in [0.2, 0.25) is 0 Å². The lowest BCUT2D eigenvalue weighted by Crippen LogP contribution is -2.44. The van der Waals surface area contributed by atoms with Gasteiger partial charge in [-0.15, -0.1) is 0 Å². The Morgan fingerprint density at radius 2 is 2.07 bits per heavy atom. The molecule has 0 radical (unpaired) electrons. The van der Waals surface area contributed by atoms with E-state index in [1.165, 1.54) is 0 Å². The summed E-state index contributed by atoms with van der Waals surface area (Å²) >= 11 is 3.44. The lowest BCUT2D eigenvalue weighted by molar-refractivity contribution is -0.118. The molecule has 0 saturated heterocycles. The maximum atomic E-state index is 12.6. The first kappa shape index (κ1) is 20.7. The summed E-state index contributed by atoms with van der Waals surface area (Å²) < 4.78 is 6.46. The van der Waals surface area contributed by atoms with Gasteiger partial charge < -0.3 is 9.84 Å². The Labute approximate surface area is 174 Å². The van der Waals surface area contributed by atoms with Gasteiger partial charge in [0.2, 0.25) is 11.8 Å². The number of hydrogen-bond acceptors (Lipinski definition) is 5. The zero-order valence-electron chi connectivity index (χ0n) is 16.4. The summed E-state index contributed by atoms with van der Waals surface area (Å²) in [5.74, 6) is 1.05. The average Bonchev–Trinajstić information content (AvgIpc) is 3.35. The van der Waals surface area contributed by atoms with Gasteiger partial charge in [-0.1, -0.05) is 59.9 Å². The zero-order chi connectivity index (χ0) is 20.0. The Hall–Kier alpha value is -1.99. The van der Waals surface area contributed by atoms with Gasteiger partial charge in [0, 0.05) is 10.5 Å². The van der Waals surface area contributed by atoms with Gasteiger partial charge in [0.1, 0.15) is 5.54 Å². The molecule has 1 amide bonds. The lowest BCUT2D eigenvalue weighted by atomic mass is 9.96. The topological polar surface area (TPSA) is 71.3 Å². The van der Waals surface area contributed by atoms with E-state index in [0.717, 1.165) is 48.8 Å². The normalized spacial score (nSPS) is 16.1. The monoisotopic (exact) mass is 446 g/mol. The Morgan fingerprint density at radius 1 is 1.32 bits per heavy atom. The van der Waals surface area contributed by atoms with Crippen molar-refractivity contribution in [2.24, 2.45) is 0 Å². The second-order valence-corrected chi connectivity index (χ2v) is 8.06. The van der Waals surface area contributed by atoms with Gasteiger partial charge in [-0.05, 0) is 49.7 Å². The number of aromatic nitrogens is 2. The van der Waals surface area contributed by atoms with E-state index < -0.39 is 5.54 Å². The van der Waals surface area contributed by atoms with Crippen LogP contribution >= 0.6 is 15.9 Å². The standard InChI is InChI=1S/C21H27BrN4O2/c1-3-26(4-2)15-19-23-20(25-28-19)21(12-5-6-13-21)24-18(27)11-10-16-8-7-9-17(22)14-16/h7-11,14H,3-6,12-13,15H2,1-2H3,(H,24,27)/b11-10+. The smallest absolute Gasteiger partial charge is 0.244 e. The largest absolute Gasteiger partial charge is 0.340 e. The highest BCUT2D eigenvalue weighted by Gasteiger charge is 2.41. The van der Waals surface area contributed by atoms with Crippen LogP contribution in [0.5, 0.6) is 0 Å². The first-order chi connectivity index (χ1) is 13.5. The van der Waals surface area contributed by atoms with Gasteiger partial charge in [-0.3, -0.25) is 9.69 Å². The fourth-order valence-corrected chi connectivity index (χ4v) is 4.01. The van der Waals surface area contributed by atoms with Crippen molar-refractivity contribution in [3.63, 3.8) is 0 Å². The first-order valence-electron chi connectivity index (χ1n) is 9.86. The minimum Gasteiger partial charge on any atom is -0.340 e. The van der Waals surface area contributed by atoms with Crippen molar-refractivity contribution in [2.75, 3.05) is 13.1 Å². The molecule has 3 rings (SSSR count). The van der Waals surface area contributed by atoms with Crippen LogP contribution in [0, 0.1) is 0 Å². The van der Waals surface area contributed by atoms with E-state index in [1.54, 1.807) is 6.08 Å². The van der Waals surface area contributed by atoms with Crippen molar-refractivity contribution in [2.45, 2.75) is 51.6 Å². The maximum Gasteiger partial charge on any atom is 0.244 e. The molecule has 6 nitrogen and oxygen atoms in total. The van der Waals surface area contributed by atoms with Crippen LogP contribution in [0.3, 0.4) is 0 Å². The fourth-order valence-electron chi connectivity index (χ4n) is 3.59. The number of halogens is 1. The molecular formula is C21H27BrN4O2. The Kier molecular flexibility index (Phi) is 7.02. The van der Waals surface area contributed by atoms with E-state index in [2.05, 4.69) is 50.1 Å². The highest BCUT2D eigenvalue weighted by atomic mass is 79.9. The molecule has 0 spiro atoms. The van der Waals surface area contributed by atoms with E-state index in [-0.39, 0.29) is 5.91 Å². The average molecular weight is 447 g/mol. The van der Waals surface area contributed by atoms with Crippen molar-refractivity contribution < 1.29 is 9.32 Å². The third-order valence-corrected chi connectivity index (χ3v) is 5.74. The zero-order valence-corrected chi connectivity index (χ0v) is 18.0. The molecule has 0 unspecified atom stereocenters. The number of hydrogen-bond donors (Lipinski definition) is 1. The van der Waals surface area contributed by atoms with Crippen molar-refractivity contribution in [3.05, 3.63) is 52.1 Å². The van der Waals surface area contributed by atoms with E-state index in [9.17, 15) is 4.79 Å². The minimum absolute atomic E-state index is 0.142. The molecule has 1 N–H and O–H groups in total. The molecule has 1 aromatic carbocycles. The van der Waals surface area contributed by atoms with Crippen LogP contribution in [0.15, 0.2) is 39.3 Å². The molecule has 1 aliphatic carbocycles. The second-order valence-electron chi connectivity index (χ2n) is 7.14. The van der Waals surface area contributed by atoms with Gasteiger partial charge in [-0.2, -0.15) is 4.98 Å². The van der Waals surface area contributed by atoms with Crippen LogP contribution in [0.4, 0.5) is 0 Å². The number of nitrogens with one attached hydrogen (secondary N) is 1. The molecule has 1 saturated carbocycles. The molecule has 0 aliphatic heterocycles. The molecule has 28 heavy (non-hydrogen) atoms. The Morgan fingerprint density at radius 3 is 2.75 bits per heavy atom. The molecular weight excluding hydrogens is 420 g/mol. The summed E-state index contributed by atoms with van der Waals surface area (Å²) in [4.78, 5) is 19.4. The number of carbonyl (C=O) groups excluding carboxylic acids is 1. The van der Waals surface area contributed by atoms with Crippen LogP contribution < -0.4 is 5.32 Å². The number of carbonyl (C=O) groups is 1. The number of nitrogens with zero attached hydrogens (tertiary/aromatic N) is 3. The molecule has 0 atom stereocenters. The van der Waals surface area contributed by atoms with E-state index >= 15 is 0 Å². The summed E-state index contributed by atoms with van der Waals surface area (Å²) in [5, 5.41) is 7.37. The van der Waals surface area contributed by atoms with Crippen LogP contribution in [-0.2, 0) is 16.9 Å². The van der Waals surface area contributed by atoms with Crippen LogP contribution in [0.25, 0.3) is 6.08 Å². The summed E-state index contributed by atoms with van der Waals surface area (Å²) in [5.41, 5.74) is 0.426. The molecule has 1 aromatic heterocycles. The summed E-state index contributed by atoms with van der Waals surface area (Å²) in [6.45, 7) is 6.70. The molecule has 0 bridgehead atoms. The van der Waals surface area contributed by atoms with E-state index in [4.69, 9.17) is 4.52 Å². The maximum absolute atomic E-state index is 12.6. The number of amides is 1. The fraction of sp³-hybridized carbons (Fsp3) is 0.476. The third kappa shape index (κ3) is 5.08. The molecule has 1 aliphatic rings. The number of rotatable bonds is 8. The van der Waals surface area contributed by atoms with Crippen molar-refractivity contribution in [1.82, 2.24) is 20.4 Å². The Bertz CT molecular complexity index is 823. The molecule has 1 heterocycles. The summed E-state index contributed by atoms with van der Waals surface area (Å²) in [6, 6.07) is 7.82. The van der Waals surface area contributed by atoms with E-state index in [0.29, 0.717) is 18.3 Å². The third-order valence-electron chi connectivity index (χ3n) is 5.24.